The van der Waals surface area contributed by atoms with E-state index < -0.39 is 32.0 Å². The molecule has 0 amide bonds. The van der Waals surface area contributed by atoms with E-state index in [2.05, 4.69) is 4.99 Å². The first-order valence-electron chi connectivity index (χ1n) is 8.93. The Balaban J connectivity index is 1.84. The van der Waals surface area contributed by atoms with Gasteiger partial charge in [0, 0.05) is 23.5 Å². The molecule has 0 atom stereocenters. The molecular weight excluding hydrogens is 401 g/mol. The fraction of sp³-hybridized carbons (Fsp3) is 0.286. The van der Waals surface area contributed by atoms with Gasteiger partial charge in [-0.2, -0.15) is 0 Å². The molecule has 0 radical (unpaired) electrons. The van der Waals surface area contributed by atoms with Gasteiger partial charge >= 0.3 is 0 Å². The molecule has 0 aliphatic carbocycles. The predicted molar refractivity (Wildman–Crippen MR) is 108 cm³/mol. The highest BCUT2D eigenvalue weighted by Gasteiger charge is 2.29. The van der Waals surface area contributed by atoms with E-state index in [4.69, 9.17) is 0 Å². The summed E-state index contributed by atoms with van der Waals surface area (Å²) in [5, 5.41) is 0. The van der Waals surface area contributed by atoms with Gasteiger partial charge in [0.05, 0.1) is 10.5 Å². The molecule has 1 aliphatic heterocycles. The maximum absolute atomic E-state index is 14.6. The van der Waals surface area contributed by atoms with Crippen molar-refractivity contribution < 1.29 is 21.6 Å². The van der Waals surface area contributed by atoms with Gasteiger partial charge in [0.1, 0.15) is 24.0 Å². The summed E-state index contributed by atoms with van der Waals surface area (Å²) in [4.78, 5) is 5.58. The van der Waals surface area contributed by atoms with Gasteiger partial charge in [-0.15, -0.1) is 0 Å². The molecule has 0 bridgehead atoms. The summed E-state index contributed by atoms with van der Waals surface area (Å²) in [6.07, 6.45) is 1.17. The van der Waals surface area contributed by atoms with Crippen molar-refractivity contribution in [2.45, 2.75) is 31.3 Å². The molecule has 4 nitrogen and oxygen atoms in total. The van der Waals surface area contributed by atoms with Crippen molar-refractivity contribution in [1.82, 2.24) is 0 Å². The van der Waals surface area contributed by atoms with Crippen LogP contribution in [-0.2, 0) is 15.6 Å². The van der Waals surface area contributed by atoms with Gasteiger partial charge in [0.2, 0.25) is 0 Å². The zero-order valence-electron chi connectivity index (χ0n) is 16.3. The van der Waals surface area contributed by atoms with Crippen LogP contribution in [0.25, 0.3) is 0 Å². The van der Waals surface area contributed by atoms with Crippen molar-refractivity contribution in [3.05, 3.63) is 77.3 Å². The van der Waals surface area contributed by atoms with Crippen molar-refractivity contribution in [3.8, 4) is 0 Å². The summed E-state index contributed by atoms with van der Waals surface area (Å²) in [6, 6.07) is 9.61. The van der Waals surface area contributed by atoms with Crippen LogP contribution in [0.1, 0.15) is 31.9 Å². The summed E-state index contributed by atoms with van der Waals surface area (Å²) in [6.45, 7) is 4.92. The van der Waals surface area contributed by atoms with E-state index in [1.807, 2.05) is 0 Å². The molecule has 1 heterocycles. The molecule has 3 rings (SSSR count). The molecule has 29 heavy (non-hydrogen) atoms. The van der Waals surface area contributed by atoms with E-state index in [1.54, 1.807) is 45.0 Å². The normalized spacial score (nSPS) is 15.2. The molecule has 0 saturated carbocycles. The lowest BCUT2D eigenvalue weighted by atomic mass is 10.1. The van der Waals surface area contributed by atoms with Gasteiger partial charge in [-0.1, -0.05) is 12.1 Å². The van der Waals surface area contributed by atoms with Crippen molar-refractivity contribution in [2.75, 3.05) is 11.6 Å². The third-order valence-electron chi connectivity index (χ3n) is 4.59. The molecule has 0 saturated heterocycles. The lowest BCUT2D eigenvalue weighted by Gasteiger charge is -2.24. The van der Waals surface area contributed by atoms with Gasteiger partial charge in [-0.25, -0.2) is 21.6 Å². The topological polar surface area (TPSA) is 49.7 Å². The van der Waals surface area contributed by atoms with E-state index >= 15 is 0 Å². The van der Waals surface area contributed by atoms with Crippen LogP contribution in [0.2, 0.25) is 0 Å². The number of hydrogen-bond donors (Lipinski definition) is 0. The number of rotatable bonds is 4. The number of allylic oxidation sites excluding steroid dienone is 1. The first kappa shape index (κ1) is 21.1. The zero-order chi connectivity index (χ0) is 21.4. The highest BCUT2D eigenvalue weighted by Crippen LogP contribution is 2.26. The molecule has 0 unspecified atom stereocenters. The molecule has 2 aromatic carbocycles. The van der Waals surface area contributed by atoms with Crippen LogP contribution in [-0.4, -0.2) is 25.5 Å². The first-order valence-corrected chi connectivity index (χ1v) is 10.6. The van der Waals surface area contributed by atoms with Crippen molar-refractivity contribution >= 4 is 21.2 Å². The van der Waals surface area contributed by atoms with Crippen LogP contribution >= 0.6 is 0 Å². The van der Waals surface area contributed by atoms with Crippen molar-refractivity contribution in [1.29, 1.82) is 0 Å². The lowest BCUT2D eigenvalue weighted by molar-refractivity contribution is 0.559. The second-order valence-electron chi connectivity index (χ2n) is 7.76. The summed E-state index contributed by atoms with van der Waals surface area (Å²) in [5.74, 6) is -2.56. The average Bonchev–Trinajstić information content (AvgIpc) is 2.61. The maximum atomic E-state index is 14.6. The Morgan fingerprint density at radius 3 is 2.41 bits per heavy atom. The van der Waals surface area contributed by atoms with Crippen molar-refractivity contribution in [2.24, 2.45) is 4.99 Å². The minimum atomic E-state index is -3.37. The smallest absolute Gasteiger partial charge is 0.165 e. The number of anilines is 1. The lowest BCUT2D eigenvalue weighted by Crippen LogP contribution is -2.29. The summed E-state index contributed by atoms with van der Waals surface area (Å²) < 4.78 is 65.6. The van der Waals surface area contributed by atoms with E-state index in [9.17, 15) is 21.6 Å². The van der Waals surface area contributed by atoms with Gasteiger partial charge in [-0.3, -0.25) is 4.99 Å². The summed E-state index contributed by atoms with van der Waals surface area (Å²) >= 11 is 0. The van der Waals surface area contributed by atoms with Gasteiger partial charge in [-0.05, 0) is 50.6 Å². The average molecular weight is 422 g/mol. The molecule has 8 heteroatoms. The Labute approximate surface area is 168 Å². The highest BCUT2D eigenvalue weighted by atomic mass is 32.2. The zero-order valence-corrected chi connectivity index (χ0v) is 17.1. The Morgan fingerprint density at radius 2 is 1.79 bits per heavy atom. The second-order valence-corrected chi connectivity index (χ2v) is 10.5. The number of nitrogens with zero attached hydrogens (tertiary/aromatic N) is 2. The highest BCUT2D eigenvalue weighted by molar-refractivity contribution is 7.91. The number of benzene rings is 2. The Hall–Kier alpha value is -2.61. The largest absolute Gasteiger partial charge is 0.325 e. The standard InChI is InChI=1S/C21H21F3N2O2S/c1-21(2,3)29(27,28)12-14-5-4-6-16(9-14)26-11-19(24)20(25-13-26)17-8-7-15(22)10-18(17)23/h4-11H,12-13H2,1-3H3. The van der Waals surface area contributed by atoms with Crippen LogP contribution < -0.4 is 4.90 Å². The summed E-state index contributed by atoms with van der Waals surface area (Å²) in [7, 11) is -3.37. The van der Waals surface area contributed by atoms with E-state index in [0.29, 0.717) is 17.3 Å². The quantitative estimate of drug-likeness (QED) is 0.714. The monoisotopic (exact) mass is 422 g/mol. The van der Waals surface area contributed by atoms with Gasteiger partial charge < -0.3 is 4.90 Å². The first-order chi connectivity index (χ1) is 13.5. The van der Waals surface area contributed by atoms with Crippen LogP contribution in [0.3, 0.4) is 0 Å². The number of sulfone groups is 1. The molecule has 0 N–H and O–H groups in total. The molecule has 2 aromatic rings. The minimum absolute atomic E-state index is 0.00897. The number of hydrogen-bond acceptors (Lipinski definition) is 4. The fourth-order valence-electron chi connectivity index (χ4n) is 2.77. The molecule has 1 aliphatic rings. The van der Waals surface area contributed by atoms with E-state index in [1.165, 1.54) is 11.1 Å². The van der Waals surface area contributed by atoms with E-state index in [-0.39, 0.29) is 23.7 Å². The third-order valence-corrected chi connectivity index (χ3v) is 7.17. The number of aliphatic imine (C=N–C) groups is 1. The third kappa shape index (κ3) is 4.53. The maximum Gasteiger partial charge on any atom is 0.165 e. The summed E-state index contributed by atoms with van der Waals surface area (Å²) in [5.41, 5.74) is 0.824. The van der Waals surface area contributed by atoms with Gasteiger partial charge in [0.15, 0.2) is 15.7 Å². The predicted octanol–water partition coefficient (Wildman–Crippen LogP) is 4.76. The molecule has 0 aromatic heterocycles. The fourth-order valence-corrected chi connectivity index (χ4v) is 3.82. The van der Waals surface area contributed by atoms with E-state index in [0.717, 1.165) is 12.1 Å². The Morgan fingerprint density at radius 1 is 1.07 bits per heavy atom. The number of halogens is 3. The van der Waals surface area contributed by atoms with Crippen LogP contribution in [0.15, 0.2) is 59.5 Å². The molecule has 0 spiro atoms. The molecule has 0 fully saturated rings. The van der Waals surface area contributed by atoms with Crippen LogP contribution in [0.5, 0.6) is 0 Å². The Bertz CT molecular complexity index is 1100. The second kappa shape index (κ2) is 7.67. The SMILES string of the molecule is CC(C)(C)S(=O)(=O)Cc1cccc(N2C=C(F)C(c3ccc(F)cc3F)=NC2)c1. The van der Waals surface area contributed by atoms with Crippen molar-refractivity contribution in [3.63, 3.8) is 0 Å². The molecular formula is C21H21F3N2O2S. The molecule has 154 valence electrons. The van der Waals surface area contributed by atoms with Crippen LogP contribution in [0, 0.1) is 11.6 Å². The van der Waals surface area contributed by atoms with Crippen LogP contribution in [0.4, 0.5) is 18.9 Å². The van der Waals surface area contributed by atoms with Gasteiger partial charge in [0.25, 0.3) is 0 Å². The minimum Gasteiger partial charge on any atom is -0.325 e. The Kier molecular flexibility index (Phi) is 5.58.